The molecule has 4 N–H and O–H groups in total. The van der Waals surface area contributed by atoms with E-state index in [4.69, 9.17) is 65.8 Å². The standard InChI is InChI=1S/C49H50Cl4N16O3/c1-25(43-31(50)15-54-16-32(43)51)71-27-5-7-35-29(13-27)45(62-60-35)47-56-37-19-66(20-38(37)57-47)41-23-64(3)9-11-68(41)49(70)69-12-10-65(4)24-42(69)67-21-39-40(22-67)59-48(58-39)46-30-14-28(6-8-36(30)61-63-46)72-26(2)44-33(52)17-55-18-34(44)53/h5-8,13-18,25-26,41-42H,9-12,19-24H2,1-4H3,(H,56,57)(H,58,59)(H,60,62)(H,61,63). The van der Waals surface area contributed by atoms with E-state index in [1.165, 1.54) is 0 Å². The molecular formula is C49H50Cl4N16O3. The first-order valence-corrected chi connectivity index (χ1v) is 25.3. The summed E-state index contributed by atoms with van der Waals surface area (Å²) in [5.74, 6) is 2.61. The average molecular weight is 1050 g/mol. The van der Waals surface area contributed by atoms with Gasteiger partial charge in [-0.3, -0.25) is 30.0 Å². The van der Waals surface area contributed by atoms with Crippen molar-refractivity contribution in [2.24, 2.45) is 0 Å². The number of pyridine rings is 2. The minimum absolute atomic E-state index is 0.0484. The molecule has 4 aliphatic rings. The zero-order chi connectivity index (χ0) is 49.5. The highest BCUT2D eigenvalue weighted by Crippen LogP contribution is 2.39. The van der Waals surface area contributed by atoms with Crippen LogP contribution in [-0.2, 0) is 26.2 Å². The number of hydrogen-bond donors (Lipinski definition) is 4. The molecule has 6 aromatic heterocycles. The van der Waals surface area contributed by atoms with Crippen LogP contribution in [0.25, 0.3) is 44.8 Å². The van der Waals surface area contributed by atoms with E-state index in [-0.39, 0.29) is 18.4 Å². The van der Waals surface area contributed by atoms with Crippen LogP contribution < -0.4 is 9.47 Å². The number of imidazole rings is 2. The van der Waals surface area contributed by atoms with E-state index in [9.17, 15) is 0 Å². The third-order valence-electron chi connectivity index (χ3n) is 14.3. The largest absolute Gasteiger partial charge is 0.486 e. The summed E-state index contributed by atoms with van der Waals surface area (Å²) in [6.45, 7) is 10.4. The van der Waals surface area contributed by atoms with Gasteiger partial charge in [0, 0.05) is 112 Å². The molecule has 23 heteroatoms. The van der Waals surface area contributed by atoms with E-state index in [2.05, 4.69) is 83.8 Å². The summed E-state index contributed by atoms with van der Waals surface area (Å²) >= 11 is 25.8. The Balaban J connectivity index is 0.730. The van der Waals surface area contributed by atoms with Crippen molar-refractivity contribution in [3.63, 3.8) is 0 Å². The number of fused-ring (bicyclic) bond motifs is 4. The van der Waals surface area contributed by atoms with Gasteiger partial charge in [0.05, 0.1) is 53.9 Å². The first kappa shape index (κ1) is 47.0. The molecule has 0 bridgehead atoms. The van der Waals surface area contributed by atoms with Crippen LogP contribution in [0.1, 0.15) is 60.0 Å². The number of benzene rings is 2. The molecule has 72 heavy (non-hydrogen) atoms. The van der Waals surface area contributed by atoms with Crippen LogP contribution in [-0.4, -0.2) is 151 Å². The number of aromatic amines is 4. The van der Waals surface area contributed by atoms with Crippen molar-refractivity contribution < 1.29 is 14.3 Å². The summed E-state index contributed by atoms with van der Waals surface area (Å²) in [7, 11) is 4.24. The van der Waals surface area contributed by atoms with Crippen LogP contribution in [0.3, 0.4) is 0 Å². The number of H-pyrrole nitrogens is 4. The van der Waals surface area contributed by atoms with Crippen LogP contribution in [0.2, 0.25) is 20.1 Å². The van der Waals surface area contributed by atoms with E-state index in [1.807, 2.05) is 50.2 Å². The Hall–Kier alpha value is -6.03. The number of halogens is 4. The van der Waals surface area contributed by atoms with E-state index in [0.717, 1.165) is 57.7 Å². The molecule has 0 radical (unpaired) electrons. The molecule has 10 heterocycles. The number of carbonyl (C=O) groups is 1. The maximum absolute atomic E-state index is 15.0. The van der Waals surface area contributed by atoms with Gasteiger partial charge in [-0.15, -0.1) is 0 Å². The molecule has 4 unspecified atom stereocenters. The van der Waals surface area contributed by atoms with E-state index in [1.54, 1.807) is 24.8 Å². The Labute approximate surface area is 433 Å². The van der Waals surface area contributed by atoms with Crippen LogP contribution in [0.5, 0.6) is 11.5 Å². The number of nitrogens with zero attached hydrogens (tertiary/aromatic N) is 12. The number of piperazine rings is 2. The average Bonchev–Trinajstić information content (AvgIpc) is 4.21. The van der Waals surface area contributed by atoms with Crippen molar-refractivity contribution in [1.82, 2.24) is 79.7 Å². The molecule has 4 atom stereocenters. The second kappa shape index (κ2) is 18.8. The fraction of sp³-hybridized carbons (Fsp3) is 0.367. The Morgan fingerprint density at radius 1 is 0.611 bits per heavy atom. The summed E-state index contributed by atoms with van der Waals surface area (Å²) in [4.78, 5) is 54.0. The second-order valence-corrected chi connectivity index (χ2v) is 20.7. The molecule has 372 valence electrons. The minimum Gasteiger partial charge on any atom is -0.486 e. The van der Waals surface area contributed by atoms with Gasteiger partial charge in [-0.05, 0) is 64.3 Å². The van der Waals surface area contributed by atoms with Crippen LogP contribution in [0, 0.1) is 0 Å². The molecule has 0 saturated carbocycles. The van der Waals surface area contributed by atoms with Gasteiger partial charge in [-0.2, -0.15) is 10.2 Å². The molecular weight excluding hydrogens is 1000 g/mol. The number of hydrogen-bond acceptors (Lipinski definition) is 13. The summed E-state index contributed by atoms with van der Waals surface area (Å²) in [5.41, 5.74) is 8.33. The number of nitrogens with one attached hydrogen (secondary N) is 4. The number of carbonyl (C=O) groups excluding carboxylic acids is 1. The van der Waals surface area contributed by atoms with Gasteiger partial charge >= 0.3 is 6.03 Å². The predicted octanol–water partition coefficient (Wildman–Crippen LogP) is 8.50. The lowest BCUT2D eigenvalue weighted by Crippen LogP contribution is -2.67. The van der Waals surface area contributed by atoms with Crippen LogP contribution >= 0.6 is 46.4 Å². The molecule has 19 nitrogen and oxygen atoms in total. The molecule has 4 aliphatic heterocycles. The Kier molecular flexibility index (Phi) is 12.3. The zero-order valence-corrected chi connectivity index (χ0v) is 42.8. The predicted molar refractivity (Wildman–Crippen MR) is 274 cm³/mol. The highest BCUT2D eigenvalue weighted by atomic mass is 35.5. The molecule has 2 aromatic carbocycles. The van der Waals surface area contributed by atoms with Crippen molar-refractivity contribution in [2.75, 3.05) is 53.4 Å². The van der Waals surface area contributed by atoms with Gasteiger partial charge in [0.25, 0.3) is 0 Å². The maximum Gasteiger partial charge on any atom is 0.322 e. The highest BCUT2D eigenvalue weighted by molar-refractivity contribution is 6.36. The van der Waals surface area contributed by atoms with Gasteiger partial charge in [0.1, 0.15) is 47.4 Å². The van der Waals surface area contributed by atoms with Crippen molar-refractivity contribution in [1.29, 1.82) is 0 Å². The third kappa shape index (κ3) is 8.58. The highest BCUT2D eigenvalue weighted by Gasteiger charge is 2.44. The van der Waals surface area contributed by atoms with Crippen molar-refractivity contribution in [3.05, 3.63) is 115 Å². The van der Waals surface area contributed by atoms with Gasteiger partial charge in [-0.25, -0.2) is 14.8 Å². The zero-order valence-electron chi connectivity index (χ0n) is 39.8. The molecule has 2 saturated heterocycles. The molecule has 12 rings (SSSR count). The first-order valence-electron chi connectivity index (χ1n) is 23.8. The number of urea groups is 1. The van der Waals surface area contributed by atoms with Crippen molar-refractivity contribution >= 4 is 74.2 Å². The van der Waals surface area contributed by atoms with Gasteiger partial charge in [0.15, 0.2) is 11.6 Å². The number of likely N-dealkylation sites (N-methyl/N-ethyl adjacent to an activating group) is 2. The monoisotopic (exact) mass is 1050 g/mol. The first-order chi connectivity index (χ1) is 34.8. The SMILES string of the molecule is CC(Oc1ccc2[nH]nc(-c3nc4c([nH]3)CN(C3CN(C)CCN3C(=O)N3CCN(C)CC3N3Cc5nc(-c6n[nH]c7ccc(OC(C)c8c(Cl)cncc8Cl)cc67)[nH]c5C3)C4)c2c1)c1c(Cl)cncc1Cl. The summed E-state index contributed by atoms with van der Waals surface area (Å²) in [6.07, 6.45) is 5.08. The lowest BCUT2D eigenvalue weighted by molar-refractivity contribution is -0.0377. The van der Waals surface area contributed by atoms with E-state index >= 15 is 4.79 Å². The Bertz CT molecular complexity index is 3070. The fourth-order valence-electron chi connectivity index (χ4n) is 10.6. The number of amides is 2. The van der Waals surface area contributed by atoms with E-state index in [0.29, 0.717) is 118 Å². The summed E-state index contributed by atoms with van der Waals surface area (Å²) in [5, 5.41) is 19.1. The number of rotatable bonds is 10. The smallest absolute Gasteiger partial charge is 0.322 e. The number of ether oxygens (including phenoxy) is 2. The molecule has 0 aliphatic carbocycles. The molecule has 2 amide bonds. The van der Waals surface area contributed by atoms with Crippen LogP contribution in [0.4, 0.5) is 4.79 Å². The summed E-state index contributed by atoms with van der Waals surface area (Å²) < 4.78 is 12.6. The Morgan fingerprint density at radius 3 is 1.43 bits per heavy atom. The van der Waals surface area contributed by atoms with Gasteiger partial charge < -0.3 is 39.0 Å². The lowest BCUT2D eigenvalue weighted by Gasteiger charge is -2.50. The molecule has 8 aromatic rings. The maximum atomic E-state index is 15.0. The topological polar surface area (TPSA) is 195 Å². The lowest BCUT2D eigenvalue weighted by atomic mass is 10.1. The molecule has 0 spiro atoms. The van der Waals surface area contributed by atoms with Crippen molar-refractivity contribution in [2.45, 2.75) is 64.6 Å². The van der Waals surface area contributed by atoms with Gasteiger partial charge in [-0.1, -0.05) is 46.4 Å². The second-order valence-electron chi connectivity index (χ2n) is 19.1. The quantitative estimate of drug-likeness (QED) is 0.102. The Morgan fingerprint density at radius 2 is 1.03 bits per heavy atom. The van der Waals surface area contributed by atoms with Crippen LogP contribution in [0.15, 0.2) is 61.2 Å². The number of aromatic nitrogens is 10. The third-order valence-corrected chi connectivity index (χ3v) is 15.5. The van der Waals surface area contributed by atoms with Crippen molar-refractivity contribution in [3.8, 4) is 34.5 Å². The van der Waals surface area contributed by atoms with Gasteiger partial charge in [0.2, 0.25) is 0 Å². The fourth-order valence-corrected chi connectivity index (χ4v) is 12.0. The van der Waals surface area contributed by atoms with E-state index < -0.39 is 12.2 Å². The minimum atomic E-state index is -0.421. The molecule has 2 fully saturated rings. The summed E-state index contributed by atoms with van der Waals surface area (Å²) in [6, 6.07) is 11.6. The normalized spacial score (nSPS) is 19.9.